The number of halogens is 2. The summed E-state index contributed by atoms with van der Waals surface area (Å²) >= 11 is 12.7. The number of aromatic nitrogens is 2. The predicted molar refractivity (Wildman–Crippen MR) is 165 cm³/mol. The zero-order valence-corrected chi connectivity index (χ0v) is 24.3. The minimum atomic E-state index is -0.518. The maximum atomic E-state index is 9.92. The van der Waals surface area contributed by atoms with Crippen molar-refractivity contribution < 1.29 is 0 Å². The molecule has 204 valence electrons. The lowest BCUT2D eigenvalue weighted by Crippen LogP contribution is -2.47. The molecule has 3 N–H and O–H groups in total. The van der Waals surface area contributed by atoms with E-state index in [1.54, 1.807) is 12.1 Å². The third-order valence-electron chi connectivity index (χ3n) is 7.60. The first-order valence-electron chi connectivity index (χ1n) is 13.2. The van der Waals surface area contributed by atoms with E-state index in [1.807, 2.05) is 31.2 Å². The Bertz CT molecular complexity index is 1570. The van der Waals surface area contributed by atoms with E-state index in [4.69, 9.17) is 28.9 Å². The third-order valence-corrected chi connectivity index (χ3v) is 8.18. The predicted octanol–water partition coefficient (Wildman–Crippen LogP) is 7.02. The van der Waals surface area contributed by atoms with Crippen LogP contribution in [0, 0.1) is 32.1 Å². The lowest BCUT2D eigenvalue weighted by atomic mass is 9.91. The van der Waals surface area contributed by atoms with Gasteiger partial charge in [-0.15, -0.1) is 0 Å². The number of nitrogens with two attached hydrogens (primary N) is 1. The van der Waals surface area contributed by atoms with Gasteiger partial charge in [0.05, 0.1) is 12.0 Å². The van der Waals surface area contributed by atoms with Crippen LogP contribution in [0.4, 0.5) is 28.7 Å². The Morgan fingerprint density at radius 1 is 0.925 bits per heavy atom. The normalized spacial score (nSPS) is 14.1. The van der Waals surface area contributed by atoms with Crippen molar-refractivity contribution in [3.05, 3.63) is 98.8 Å². The highest BCUT2D eigenvalue weighted by Crippen LogP contribution is 2.37. The topological polar surface area (TPSA) is 94.1 Å². The average molecular weight is 573 g/mol. The summed E-state index contributed by atoms with van der Waals surface area (Å²) in [6.07, 6.45) is 1.53. The summed E-state index contributed by atoms with van der Waals surface area (Å²) in [5.74, 6) is 0.713. The Kier molecular flexibility index (Phi) is 8.02. The summed E-state index contributed by atoms with van der Waals surface area (Å²) in [5, 5.41) is 14.4. The van der Waals surface area contributed by atoms with Gasteiger partial charge in [0.1, 0.15) is 12.0 Å². The highest BCUT2D eigenvalue weighted by atomic mass is 35.5. The SMILES string of the molecule is Cc1cc(C(C#N)c2ccc(Cl)cc2)c(Cl)cc1Nc1ncnc(N2CCN(c3cccc(C)c3C)CC2)c1N. The second kappa shape index (κ2) is 11.6. The second-order valence-corrected chi connectivity index (χ2v) is 10.9. The number of nitrogens with zero attached hydrogens (tertiary/aromatic N) is 5. The van der Waals surface area contributed by atoms with Gasteiger partial charge < -0.3 is 20.9 Å². The van der Waals surface area contributed by atoms with Crippen molar-refractivity contribution in [1.29, 1.82) is 5.26 Å². The van der Waals surface area contributed by atoms with E-state index in [9.17, 15) is 5.26 Å². The first-order chi connectivity index (χ1) is 19.3. The largest absolute Gasteiger partial charge is 0.393 e. The molecule has 1 saturated heterocycles. The van der Waals surface area contributed by atoms with Crippen molar-refractivity contribution in [1.82, 2.24) is 9.97 Å². The summed E-state index contributed by atoms with van der Waals surface area (Å²) in [4.78, 5) is 13.6. The first kappa shape index (κ1) is 27.6. The van der Waals surface area contributed by atoms with Crippen molar-refractivity contribution in [2.24, 2.45) is 0 Å². The molecule has 1 aliphatic rings. The minimum Gasteiger partial charge on any atom is -0.393 e. The van der Waals surface area contributed by atoms with Gasteiger partial charge in [-0.2, -0.15) is 5.26 Å². The number of nitrogen functional groups attached to an aromatic ring is 1. The highest BCUT2D eigenvalue weighted by Gasteiger charge is 2.23. The van der Waals surface area contributed by atoms with Crippen molar-refractivity contribution in [2.45, 2.75) is 26.7 Å². The molecule has 0 bridgehead atoms. The molecule has 1 aromatic heterocycles. The molecule has 0 amide bonds. The summed E-state index contributed by atoms with van der Waals surface area (Å²) < 4.78 is 0. The van der Waals surface area contributed by atoms with Crippen molar-refractivity contribution in [3.63, 3.8) is 0 Å². The van der Waals surface area contributed by atoms with E-state index in [0.717, 1.165) is 48.6 Å². The quantitative estimate of drug-likeness (QED) is 0.257. The fourth-order valence-corrected chi connectivity index (χ4v) is 5.54. The number of hydrogen-bond acceptors (Lipinski definition) is 7. The van der Waals surface area contributed by atoms with Crippen LogP contribution in [0.15, 0.2) is 60.9 Å². The van der Waals surface area contributed by atoms with Crippen LogP contribution in [0.2, 0.25) is 10.0 Å². The van der Waals surface area contributed by atoms with Crippen molar-refractivity contribution >= 4 is 51.9 Å². The first-order valence-corrected chi connectivity index (χ1v) is 13.9. The molecular formula is C31H31Cl2N7. The molecule has 40 heavy (non-hydrogen) atoms. The molecule has 1 aliphatic heterocycles. The number of anilines is 5. The number of rotatable bonds is 6. The van der Waals surface area contributed by atoms with E-state index >= 15 is 0 Å². The zero-order valence-electron chi connectivity index (χ0n) is 22.7. The van der Waals surface area contributed by atoms with Gasteiger partial charge in [0.2, 0.25) is 0 Å². The molecule has 0 spiro atoms. The van der Waals surface area contributed by atoms with Gasteiger partial charge in [0, 0.05) is 47.6 Å². The van der Waals surface area contributed by atoms with Crippen LogP contribution >= 0.6 is 23.2 Å². The minimum absolute atomic E-state index is 0.477. The van der Waals surface area contributed by atoms with Gasteiger partial charge in [-0.25, -0.2) is 9.97 Å². The van der Waals surface area contributed by atoms with Crippen LogP contribution in [0.25, 0.3) is 0 Å². The van der Waals surface area contributed by atoms with Crippen molar-refractivity contribution in [3.8, 4) is 6.07 Å². The molecule has 1 atom stereocenters. The molecule has 3 aromatic carbocycles. The summed E-state index contributed by atoms with van der Waals surface area (Å²) in [5.41, 5.74) is 14.2. The molecule has 0 aliphatic carbocycles. The fourth-order valence-electron chi connectivity index (χ4n) is 5.14. The molecule has 0 radical (unpaired) electrons. The van der Waals surface area contributed by atoms with Gasteiger partial charge in [-0.05, 0) is 72.9 Å². The van der Waals surface area contributed by atoms with Crippen LogP contribution in [0.1, 0.15) is 33.7 Å². The number of benzene rings is 3. The van der Waals surface area contributed by atoms with Gasteiger partial charge in [0.15, 0.2) is 11.6 Å². The molecule has 1 unspecified atom stereocenters. The second-order valence-electron chi connectivity index (χ2n) is 10.1. The zero-order chi connectivity index (χ0) is 28.4. The van der Waals surface area contributed by atoms with Crippen LogP contribution in [0.3, 0.4) is 0 Å². The summed E-state index contributed by atoms with van der Waals surface area (Å²) in [6, 6.07) is 19.8. The van der Waals surface area contributed by atoms with E-state index in [-0.39, 0.29) is 0 Å². The molecular weight excluding hydrogens is 541 g/mol. The molecule has 5 rings (SSSR count). The van der Waals surface area contributed by atoms with E-state index < -0.39 is 5.92 Å². The number of aryl methyl sites for hydroxylation is 2. The van der Waals surface area contributed by atoms with Crippen molar-refractivity contribution in [2.75, 3.05) is 47.0 Å². The Balaban J connectivity index is 1.34. The smallest absolute Gasteiger partial charge is 0.159 e. The Labute approximate surface area is 245 Å². The average Bonchev–Trinajstić information content (AvgIpc) is 2.95. The fraction of sp³-hybridized carbons (Fsp3) is 0.258. The number of nitriles is 1. The molecule has 9 heteroatoms. The van der Waals surface area contributed by atoms with Gasteiger partial charge in [-0.3, -0.25) is 0 Å². The van der Waals surface area contributed by atoms with Gasteiger partial charge in [-0.1, -0.05) is 53.5 Å². The maximum absolute atomic E-state index is 9.92. The Hall–Kier alpha value is -3.99. The summed E-state index contributed by atoms with van der Waals surface area (Å²) in [7, 11) is 0. The monoisotopic (exact) mass is 571 g/mol. The third kappa shape index (κ3) is 5.51. The standard InChI is InChI=1S/C31H31Cl2N7/c1-19-5-4-6-28(21(19)3)39-11-13-40(14-12-39)31-29(35)30(36-18-37-31)38-27-16-26(33)24(15-20(27)2)25(17-34)22-7-9-23(32)10-8-22/h4-10,15-16,18,25H,11-14,35H2,1-3H3,(H,36,37,38). The van der Waals surface area contributed by atoms with Crippen LogP contribution in [0.5, 0.6) is 0 Å². The van der Waals surface area contributed by atoms with E-state index in [0.29, 0.717) is 27.4 Å². The Morgan fingerprint density at radius 3 is 2.33 bits per heavy atom. The molecule has 4 aromatic rings. The van der Waals surface area contributed by atoms with Gasteiger partial charge in [0.25, 0.3) is 0 Å². The number of piperazine rings is 1. The number of nitrogens with one attached hydrogen (secondary N) is 1. The van der Waals surface area contributed by atoms with E-state index in [2.05, 4.69) is 63.2 Å². The molecule has 2 heterocycles. The lowest BCUT2D eigenvalue weighted by molar-refractivity contribution is 0.646. The van der Waals surface area contributed by atoms with Crippen LogP contribution in [-0.4, -0.2) is 36.1 Å². The van der Waals surface area contributed by atoms with E-state index in [1.165, 1.54) is 23.1 Å². The lowest BCUT2D eigenvalue weighted by Gasteiger charge is -2.38. The van der Waals surface area contributed by atoms with Crippen LogP contribution < -0.4 is 20.9 Å². The maximum Gasteiger partial charge on any atom is 0.159 e. The van der Waals surface area contributed by atoms with Crippen LogP contribution in [-0.2, 0) is 0 Å². The molecule has 1 fully saturated rings. The Morgan fingerprint density at radius 2 is 1.62 bits per heavy atom. The molecule has 7 nitrogen and oxygen atoms in total. The summed E-state index contributed by atoms with van der Waals surface area (Å²) in [6.45, 7) is 9.64. The van der Waals surface area contributed by atoms with Gasteiger partial charge >= 0.3 is 0 Å². The molecule has 0 saturated carbocycles. The highest BCUT2D eigenvalue weighted by molar-refractivity contribution is 6.32. The number of hydrogen-bond donors (Lipinski definition) is 2.